The van der Waals surface area contributed by atoms with Gasteiger partial charge in [-0.2, -0.15) is 6.07 Å². The predicted octanol–water partition coefficient (Wildman–Crippen LogP) is 8.53. The maximum absolute atomic E-state index is 6.26. The van der Waals surface area contributed by atoms with Crippen LogP contribution in [0.1, 0.15) is 0 Å². The van der Waals surface area contributed by atoms with Gasteiger partial charge < -0.3 is 13.7 Å². The molecule has 0 fully saturated rings. The summed E-state index contributed by atoms with van der Waals surface area (Å²) in [5.41, 5.74) is 5.07. The van der Waals surface area contributed by atoms with E-state index in [9.17, 15) is 0 Å². The van der Waals surface area contributed by atoms with Gasteiger partial charge in [0.25, 0.3) is 0 Å². The first kappa shape index (κ1) is 24.3. The molecule has 0 unspecified atom stereocenters. The van der Waals surface area contributed by atoms with Crippen molar-refractivity contribution in [1.29, 1.82) is 0 Å². The predicted molar refractivity (Wildman–Crippen MR) is 153 cm³/mol. The van der Waals surface area contributed by atoms with Crippen LogP contribution in [0.15, 0.2) is 120 Å². The Morgan fingerprint density at radius 1 is 0.725 bits per heavy atom. The van der Waals surface area contributed by atoms with E-state index in [1.54, 1.807) is 6.20 Å². The Kier molecular flexibility index (Phi) is 5.95. The zero-order chi connectivity index (χ0) is 25.8. The molecule has 0 aliphatic heterocycles. The molecule has 8 aromatic rings. The van der Waals surface area contributed by atoms with E-state index in [0.29, 0.717) is 11.6 Å². The number of furan rings is 1. The van der Waals surface area contributed by atoms with Gasteiger partial charge in [-0.25, -0.2) is 4.98 Å². The van der Waals surface area contributed by atoms with E-state index in [4.69, 9.17) is 14.1 Å². The number of aromatic nitrogens is 3. The van der Waals surface area contributed by atoms with E-state index in [-0.39, 0.29) is 21.1 Å². The fourth-order valence-corrected chi connectivity index (χ4v) is 5.26. The zero-order valence-corrected chi connectivity index (χ0v) is 23.2. The summed E-state index contributed by atoms with van der Waals surface area (Å²) in [5.74, 6) is 1.86. The number of benzene rings is 4. The van der Waals surface area contributed by atoms with Crippen molar-refractivity contribution in [3.63, 3.8) is 0 Å². The fraction of sp³-hybridized carbons (Fsp3) is 0. The number of hydrogen-bond donors (Lipinski definition) is 0. The first-order chi connectivity index (χ1) is 19.3. The molecule has 0 amide bonds. The van der Waals surface area contributed by atoms with Gasteiger partial charge in [0, 0.05) is 22.8 Å². The van der Waals surface area contributed by atoms with Crippen molar-refractivity contribution in [2.75, 3.05) is 0 Å². The molecule has 0 spiro atoms. The molecule has 0 radical (unpaired) electrons. The summed E-state index contributed by atoms with van der Waals surface area (Å²) in [6.07, 6.45) is 1.80. The number of rotatable bonds is 4. The minimum atomic E-state index is 0. The van der Waals surface area contributed by atoms with Crippen LogP contribution in [0.25, 0.3) is 60.8 Å². The van der Waals surface area contributed by atoms with E-state index in [2.05, 4.69) is 45.9 Å². The molecular formula is C34H19N3O2Pt. The molecule has 6 heteroatoms. The van der Waals surface area contributed by atoms with Gasteiger partial charge >= 0.3 is 21.1 Å². The molecule has 5 nitrogen and oxygen atoms in total. The molecule has 0 bridgehead atoms. The number of hydrogen-bond acceptors (Lipinski definition) is 4. The number of para-hydroxylation sites is 2. The fourth-order valence-electron chi connectivity index (χ4n) is 5.26. The van der Waals surface area contributed by atoms with E-state index in [0.717, 1.165) is 60.8 Å². The average molecular weight is 697 g/mol. The molecule has 0 aliphatic carbocycles. The van der Waals surface area contributed by atoms with E-state index >= 15 is 0 Å². The van der Waals surface area contributed by atoms with Crippen molar-refractivity contribution < 1.29 is 30.2 Å². The summed E-state index contributed by atoms with van der Waals surface area (Å²) in [7, 11) is 0. The molecule has 40 heavy (non-hydrogen) atoms. The summed E-state index contributed by atoms with van der Waals surface area (Å²) in [4.78, 5) is 9.41. The Hall–Kier alpha value is -4.73. The van der Waals surface area contributed by atoms with Gasteiger partial charge in [0.2, 0.25) is 5.88 Å². The Morgan fingerprint density at radius 2 is 1.57 bits per heavy atom. The van der Waals surface area contributed by atoms with Crippen molar-refractivity contribution in [2.45, 2.75) is 0 Å². The second-order valence-electron chi connectivity index (χ2n) is 9.28. The third-order valence-electron chi connectivity index (χ3n) is 6.97. The average Bonchev–Trinajstić information content (AvgIpc) is 3.53. The molecule has 0 aliphatic rings. The maximum atomic E-state index is 6.26. The molecule has 4 aromatic heterocycles. The second kappa shape index (κ2) is 9.78. The SMILES string of the molecule is [Pt+2].[c-]1ccc2c(oc3ccccc32)c1-c1cccc(Oc2[c-]c3c(cc2)c2ccccc2n3-c2ccccn2)n1. The molecule has 0 saturated heterocycles. The van der Waals surface area contributed by atoms with Gasteiger partial charge in [-0.3, -0.25) is 4.98 Å². The van der Waals surface area contributed by atoms with Crippen LogP contribution < -0.4 is 4.74 Å². The molecule has 0 atom stereocenters. The standard InChI is InChI=1S/C34H19N3O2.Pt/c1-3-14-29-23(9-1)24-19-18-22(21-30(24)37(29)32-16-5-6-20-35-32)38-33-17-8-13-28(36-33)27-12-7-11-26-25-10-2-4-15-31(25)39-34(26)27;/h1-11,13-20H;/q-2;+2. The van der Waals surface area contributed by atoms with Crippen molar-refractivity contribution in [2.24, 2.45) is 0 Å². The summed E-state index contributed by atoms with van der Waals surface area (Å²) in [5, 5.41) is 4.32. The maximum Gasteiger partial charge on any atom is 2.00 e. The molecule has 4 aromatic carbocycles. The topological polar surface area (TPSA) is 53.1 Å². The first-order valence-corrected chi connectivity index (χ1v) is 12.7. The van der Waals surface area contributed by atoms with Crippen LogP contribution in [0, 0.1) is 12.1 Å². The quantitative estimate of drug-likeness (QED) is 0.173. The molecule has 4 heterocycles. The minimum absolute atomic E-state index is 0. The number of nitrogens with zero attached hydrogens (tertiary/aromatic N) is 3. The van der Waals surface area contributed by atoms with Crippen LogP contribution in [0.2, 0.25) is 0 Å². The Balaban J connectivity index is 0.00000264. The van der Waals surface area contributed by atoms with Crippen LogP contribution in [-0.4, -0.2) is 14.5 Å². The molecule has 0 N–H and O–H groups in total. The Labute approximate surface area is 243 Å². The molecular weight excluding hydrogens is 677 g/mol. The third-order valence-corrected chi connectivity index (χ3v) is 6.97. The second-order valence-corrected chi connectivity index (χ2v) is 9.28. The number of ether oxygens (including phenoxy) is 1. The van der Waals surface area contributed by atoms with Gasteiger partial charge in [0.05, 0.1) is 5.58 Å². The Morgan fingerprint density at radius 3 is 2.48 bits per heavy atom. The molecule has 192 valence electrons. The van der Waals surface area contributed by atoms with E-state index < -0.39 is 0 Å². The van der Waals surface area contributed by atoms with Crippen molar-refractivity contribution in [3.05, 3.63) is 128 Å². The van der Waals surface area contributed by atoms with Gasteiger partial charge in [-0.1, -0.05) is 71.1 Å². The van der Waals surface area contributed by atoms with Crippen molar-refractivity contribution >= 4 is 43.7 Å². The number of pyridine rings is 2. The number of fused-ring (bicyclic) bond motifs is 6. The van der Waals surface area contributed by atoms with Gasteiger partial charge in [-0.05, 0) is 41.4 Å². The molecule has 0 saturated carbocycles. The summed E-state index contributed by atoms with van der Waals surface area (Å²) in [6, 6.07) is 42.6. The normalized spacial score (nSPS) is 11.3. The van der Waals surface area contributed by atoms with Crippen LogP contribution >= 0.6 is 0 Å². The Bertz CT molecular complexity index is 2170. The molecule has 8 rings (SSSR count). The minimum Gasteiger partial charge on any atom is -0.501 e. The van der Waals surface area contributed by atoms with Gasteiger partial charge in [-0.15, -0.1) is 35.7 Å². The van der Waals surface area contributed by atoms with Gasteiger partial charge in [0.1, 0.15) is 11.4 Å². The smallest absolute Gasteiger partial charge is 0.501 e. The van der Waals surface area contributed by atoms with Crippen LogP contribution in [0.4, 0.5) is 0 Å². The van der Waals surface area contributed by atoms with E-state index in [1.165, 1.54) is 0 Å². The van der Waals surface area contributed by atoms with Gasteiger partial charge in [0.15, 0.2) is 0 Å². The van der Waals surface area contributed by atoms with Crippen molar-refractivity contribution in [1.82, 2.24) is 14.5 Å². The van der Waals surface area contributed by atoms with Crippen LogP contribution in [-0.2, 0) is 21.1 Å². The summed E-state index contributed by atoms with van der Waals surface area (Å²) >= 11 is 0. The van der Waals surface area contributed by atoms with Crippen LogP contribution in [0.5, 0.6) is 11.6 Å². The first-order valence-electron chi connectivity index (χ1n) is 12.7. The van der Waals surface area contributed by atoms with Crippen molar-refractivity contribution in [3.8, 4) is 28.7 Å². The third kappa shape index (κ3) is 3.90. The largest absolute Gasteiger partial charge is 2.00 e. The van der Waals surface area contributed by atoms with Crippen LogP contribution in [0.3, 0.4) is 0 Å². The summed E-state index contributed by atoms with van der Waals surface area (Å²) < 4.78 is 14.6. The zero-order valence-electron chi connectivity index (χ0n) is 20.9. The van der Waals surface area contributed by atoms with E-state index in [1.807, 2.05) is 84.9 Å². The summed E-state index contributed by atoms with van der Waals surface area (Å²) in [6.45, 7) is 0. The monoisotopic (exact) mass is 696 g/mol.